The van der Waals surface area contributed by atoms with Gasteiger partial charge in [0.15, 0.2) is 23.7 Å². The molecule has 2 rings (SSSR count). The molecule has 0 fully saturated rings. The van der Waals surface area contributed by atoms with E-state index in [1.165, 1.54) is 12.3 Å². The maximum Gasteiger partial charge on any atom is 0.199 e. The Kier molecular flexibility index (Phi) is 3.25. The number of hydrogen-bond donors (Lipinski definition) is 1. The fourth-order valence-electron chi connectivity index (χ4n) is 1.49. The molecule has 1 aromatic carbocycles. The molecule has 0 saturated heterocycles. The molecule has 3 nitrogen and oxygen atoms in total. The average molecular weight is 270 g/mol. The molecule has 92 valence electrons. The van der Waals surface area contributed by atoms with Crippen molar-refractivity contribution in [3.63, 3.8) is 0 Å². The van der Waals surface area contributed by atoms with E-state index in [1.54, 1.807) is 0 Å². The number of carbonyl (C=O) groups is 2. The molecule has 0 aliphatic rings. The van der Waals surface area contributed by atoms with Crippen LogP contribution in [0.4, 0.5) is 8.78 Å². The zero-order valence-corrected chi connectivity index (χ0v) is 9.59. The maximum absolute atomic E-state index is 13.5. The van der Waals surface area contributed by atoms with Crippen LogP contribution >= 0.6 is 11.6 Å². The number of aromatic nitrogens is 1. The highest BCUT2D eigenvalue weighted by molar-refractivity contribution is 6.35. The van der Waals surface area contributed by atoms with Gasteiger partial charge in [-0.15, -0.1) is 0 Å². The van der Waals surface area contributed by atoms with Crippen LogP contribution in [0.1, 0.15) is 26.4 Å². The van der Waals surface area contributed by atoms with Gasteiger partial charge in [0.1, 0.15) is 0 Å². The summed E-state index contributed by atoms with van der Waals surface area (Å²) >= 11 is 5.68. The number of benzene rings is 1. The SMILES string of the molecule is O=Cc1cc(C(=O)c2c(Cl)ccc(F)c2F)c[nH]1. The fourth-order valence-corrected chi connectivity index (χ4v) is 1.72. The van der Waals surface area contributed by atoms with Crippen LogP contribution in [-0.4, -0.2) is 17.1 Å². The minimum atomic E-state index is -1.30. The van der Waals surface area contributed by atoms with Gasteiger partial charge in [-0.3, -0.25) is 9.59 Å². The van der Waals surface area contributed by atoms with Crippen molar-refractivity contribution in [3.05, 3.63) is 57.9 Å². The van der Waals surface area contributed by atoms with Crippen LogP contribution in [0.2, 0.25) is 5.02 Å². The fraction of sp³-hybridized carbons (Fsp3) is 0. The van der Waals surface area contributed by atoms with E-state index in [-0.39, 0.29) is 16.3 Å². The third-order valence-electron chi connectivity index (χ3n) is 2.37. The monoisotopic (exact) mass is 269 g/mol. The molecule has 0 aliphatic carbocycles. The summed E-state index contributed by atoms with van der Waals surface area (Å²) in [4.78, 5) is 24.9. The number of hydrogen-bond acceptors (Lipinski definition) is 2. The summed E-state index contributed by atoms with van der Waals surface area (Å²) in [6, 6.07) is 3.17. The van der Waals surface area contributed by atoms with Crippen molar-refractivity contribution in [1.82, 2.24) is 4.98 Å². The van der Waals surface area contributed by atoms with Gasteiger partial charge in [-0.25, -0.2) is 8.78 Å². The number of H-pyrrole nitrogens is 1. The summed E-state index contributed by atoms with van der Waals surface area (Å²) in [5.74, 6) is -3.25. The van der Waals surface area contributed by atoms with Crippen molar-refractivity contribution < 1.29 is 18.4 Å². The van der Waals surface area contributed by atoms with Crippen molar-refractivity contribution in [2.24, 2.45) is 0 Å². The van der Waals surface area contributed by atoms with Crippen molar-refractivity contribution in [2.45, 2.75) is 0 Å². The Morgan fingerprint density at radius 3 is 2.67 bits per heavy atom. The van der Waals surface area contributed by atoms with E-state index in [2.05, 4.69) is 4.98 Å². The number of ketones is 1. The third-order valence-corrected chi connectivity index (χ3v) is 2.68. The zero-order valence-electron chi connectivity index (χ0n) is 8.84. The van der Waals surface area contributed by atoms with Crippen LogP contribution in [0.3, 0.4) is 0 Å². The molecule has 0 radical (unpaired) electrons. The average Bonchev–Trinajstić information content (AvgIpc) is 2.83. The molecule has 0 bridgehead atoms. The lowest BCUT2D eigenvalue weighted by Crippen LogP contribution is -2.06. The van der Waals surface area contributed by atoms with Crippen molar-refractivity contribution in [1.29, 1.82) is 0 Å². The van der Waals surface area contributed by atoms with E-state index in [1.807, 2.05) is 0 Å². The summed E-state index contributed by atoms with van der Waals surface area (Å²) < 4.78 is 26.6. The second-order valence-corrected chi connectivity index (χ2v) is 3.92. The number of nitrogens with one attached hydrogen (secondary N) is 1. The van der Waals surface area contributed by atoms with E-state index < -0.39 is 23.0 Å². The molecule has 0 aliphatic heterocycles. The highest BCUT2D eigenvalue weighted by atomic mass is 35.5. The first kappa shape index (κ1) is 12.4. The predicted molar refractivity (Wildman–Crippen MR) is 61.0 cm³/mol. The van der Waals surface area contributed by atoms with Gasteiger partial charge in [0.25, 0.3) is 0 Å². The van der Waals surface area contributed by atoms with E-state index >= 15 is 0 Å². The van der Waals surface area contributed by atoms with Crippen LogP contribution in [0.15, 0.2) is 24.4 Å². The van der Waals surface area contributed by atoms with Gasteiger partial charge in [0, 0.05) is 11.8 Å². The number of rotatable bonds is 3. The lowest BCUT2D eigenvalue weighted by molar-refractivity contribution is 0.103. The number of aromatic amines is 1. The summed E-state index contributed by atoms with van der Waals surface area (Å²) in [6.07, 6.45) is 1.73. The molecule has 1 N–H and O–H groups in total. The molecular formula is C12H6ClF2NO2. The molecule has 1 aromatic heterocycles. The lowest BCUT2D eigenvalue weighted by atomic mass is 10.0. The molecule has 0 spiro atoms. The molecule has 0 amide bonds. The maximum atomic E-state index is 13.5. The first-order valence-electron chi connectivity index (χ1n) is 4.86. The molecular weight excluding hydrogens is 264 g/mol. The molecule has 18 heavy (non-hydrogen) atoms. The standard InChI is InChI=1S/C12H6ClF2NO2/c13-8-1-2-9(14)11(15)10(8)12(18)6-3-7(5-17)16-4-6/h1-5,16H. The van der Waals surface area contributed by atoms with E-state index in [0.717, 1.165) is 12.1 Å². The molecule has 1 heterocycles. The Bertz CT molecular complexity index is 637. The van der Waals surface area contributed by atoms with Crippen LogP contribution in [0.25, 0.3) is 0 Å². The number of aldehydes is 1. The van der Waals surface area contributed by atoms with Gasteiger partial charge in [-0.05, 0) is 18.2 Å². The summed E-state index contributed by atoms with van der Waals surface area (Å²) in [5.41, 5.74) is -0.358. The smallest absolute Gasteiger partial charge is 0.199 e. The normalized spacial score (nSPS) is 10.4. The second kappa shape index (κ2) is 4.70. The largest absolute Gasteiger partial charge is 0.358 e. The van der Waals surface area contributed by atoms with Gasteiger partial charge >= 0.3 is 0 Å². The Morgan fingerprint density at radius 2 is 2.06 bits per heavy atom. The highest BCUT2D eigenvalue weighted by Gasteiger charge is 2.21. The van der Waals surface area contributed by atoms with Crippen LogP contribution in [0, 0.1) is 11.6 Å². The zero-order chi connectivity index (χ0) is 13.3. The topological polar surface area (TPSA) is 49.9 Å². The quantitative estimate of drug-likeness (QED) is 0.529. The minimum Gasteiger partial charge on any atom is -0.358 e. The van der Waals surface area contributed by atoms with Gasteiger partial charge in [0.2, 0.25) is 0 Å². The number of halogens is 3. The van der Waals surface area contributed by atoms with Gasteiger partial charge < -0.3 is 4.98 Å². The summed E-state index contributed by atoms with van der Waals surface area (Å²) in [7, 11) is 0. The van der Waals surface area contributed by atoms with Crippen molar-refractivity contribution >= 4 is 23.7 Å². The summed E-state index contributed by atoms with van der Waals surface area (Å²) in [6.45, 7) is 0. The third kappa shape index (κ3) is 2.04. The van der Waals surface area contributed by atoms with Crippen LogP contribution in [0.5, 0.6) is 0 Å². The Morgan fingerprint density at radius 1 is 1.33 bits per heavy atom. The first-order chi connectivity index (χ1) is 8.54. The molecule has 0 unspecified atom stereocenters. The molecule has 0 atom stereocenters. The van der Waals surface area contributed by atoms with Crippen molar-refractivity contribution in [2.75, 3.05) is 0 Å². The predicted octanol–water partition coefficient (Wildman–Crippen LogP) is 2.99. The van der Waals surface area contributed by atoms with E-state index in [0.29, 0.717) is 6.29 Å². The van der Waals surface area contributed by atoms with E-state index in [9.17, 15) is 18.4 Å². The molecule has 0 saturated carbocycles. The van der Waals surface area contributed by atoms with Gasteiger partial charge in [-0.1, -0.05) is 11.6 Å². The Hall–Kier alpha value is -2.01. The second-order valence-electron chi connectivity index (χ2n) is 3.51. The van der Waals surface area contributed by atoms with E-state index in [4.69, 9.17) is 11.6 Å². The van der Waals surface area contributed by atoms with Crippen LogP contribution in [-0.2, 0) is 0 Å². The Labute approximate surface area is 105 Å². The first-order valence-corrected chi connectivity index (χ1v) is 5.24. The molecule has 2 aromatic rings. The lowest BCUT2D eigenvalue weighted by Gasteiger charge is -2.04. The highest BCUT2D eigenvalue weighted by Crippen LogP contribution is 2.24. The number of carbonyl (C=O) groups excluding carboxylic acids is 2. The van der Waals surface area contributed by atoms with Gasteiger partial charge in [-0.2, -0.15) is 0 Å². The van der Waals surface area contributed by atoms with Crippen LogP contribution < -0.4 is 0 Å². The summed E-state index contributed by atoms with van der Waals surface area (Å²) in [5, 5.41) is -0.187. The minimum absolute atomic E-state index is 0.0310. The molecule has 6 heteroatoms. The Balaban J connectivity index is 2.52. The van der Waals surface area contributed by atoms with Gasteiger partial charge in [0.05, 0.1) is 16.3 Å². The van der Waals surface area contributed by atoms with Crippen molar-refractivity contribution in [3.8, 4) is 0 Å².